The summed E-state index contributed by atoms with van der Waals surface area (Å²) in [5.41, 5.74) is 3.01. The third-order valence-electron chi connectivity index (χ3n) is 3.40. The maximum absolute atomic E-state index is 9.59. The van der Waals surface area contributed by atoms with Crippen LogP contribution in [-0.4, -0.2) is 11.7 Å². The Morgan fingerprint density at radius 2 is 2.00 bits per heavy atom. The molecule has 0 saturated heterocycles. The number of rotatable bonds is 2. The van der Waals surface area contributed by atoms with Crippen molar-refractivity contribution in [3.8, 4) is 5.75 Å². The Morgan fingerprint density at radius 1 is 1.21 bits per heavy atom. The normalized spacial score (nSPS) is 18.9. The van der Waals surface area contributed by atoms with E-state index >= 15 is 0 Å². The highest BCUT2D eigenvalue weighted by atomic mass is 16.5. The molecule has 0 bridgehead atoms. The van der Waals surface area contributed by atoms with E-state index in [0.717, 1.165) is 23.5 Å². The van der Waals surface area contributed by atoms with Crippen molar-refractivity contribution >= 4 is 5.69 Å². The molecule has 3 rings (SSSR count). The third kappa shape index (κ3) is 2.42. The van der Waals surface area contributed by atoms with Gasteiger partial charge < -0.3 is 15.2 Å². The molecular formula is C16H17NO2. The van der Waals surface area contributed by atoms with Gasteiger partial charge in [-0.1, -0.05) is 36.4 Å². The zero-order valence-electron chi connectivity index (χ0n) is 10.8. The Balaban J connectivity index is 1.85. The van der Waals surface area contributed by atoms with Gasteiger partial charge in [-0.05, 0) is 30.2 Å². The topological polar surface area (TPSA) is 41.5 Å². The second-order valence-electron chi connectivity index (χ2n) is 4.83. The monoisotopic (exact) mass is 255 g/mol. The molecule has 2 N–H and O–H groups in total. The van der Waals surface area contributed by atoms with E-state index < -0.39 is 6.10 Å². The fourth-order valence-electron chi connectivity index (χ4n) is 2.30. The van der Waals surface area contributed by atoms with Gasteiger partial charge in [0.25, 0.3) is 0 Å². The lowest BCUT2D eigenvalue weighted by atomic mass is 10.1. The van der Waals surface area contributed by atoms with Gasteiger partial charge in [0.15, 0.2) is 0 Å². The SMILES string of the molecule is CC(O)c1ccc2c(c1)NCC(c1ccccc1)O2. The van der Waals surface area contributed by atoms with E-state index in [0.29, 0.717) is 0 Å². The van der Waals surface area contributed by atoms with Crippen LogP contribution >= 0.6 is 0 Å². The summed E-state index contributed by atoms with van der Waals surface area (Å²) in [6, 6.07) is 15.9. The van der Waals surface area contributed by atoms with Crippen LogP contribution in [0, 0.1) is 0 Å². The number of fused-ring (bicyclic) bond motifs is 1. The number of hydrogen-bond acceptors (Lipinski definition) is 3. The van der Waals surface area contributed by atoms with Crippen LogP contribution in [0.25, 0.3) is 0 Å². The molecule has 0 radical (unpaired) electrons. The van der Waals surface area contributed by atoms with E-state index in [4.69, 9.17) is 4.74 Å². The number of ether oxygens (including phenoxy) is 1. The molecule has 19 heavy (non-hydrogen) atoms. The number of benzene rings is 2. The highest BCUT2D eigenvalue weighted by molar-refractivity contribution is 5.60. The lowest BCUT2D eigenvalue weighted by molar-refractivity contribution is 0.197. The number of aliphatic hydroxyl groups is 1. The van der Waals surface area contributed by atoms with E-state index in [-0.39, 0.29) is 6.10 Å². The molecule has 0 saturated carbocycles. The minimum Gasteiger partial charge on any atom is -0.482 e. The maximum atomic E-state index is 9.59. The van der Waals surface area contributed by atoms with Gasteiger partial charge in [0, 0.05) is 0 Å². The van der Waals surface area contributed by atoms with Crippen LogP contribution in [-0.2, 0) is 0 Å². The van der Waals surface area contributed by atoms with Gasteiger partial charge in [0.05, 0.1) is 18.3 Å². The van der Waals surface area contributed by atoms with Crippen LogP contribution in [0.1, 0.15) is 30.3 Å². The molecule has 3 nitrogen and oxygen atoms in total. The number of hydrogen-bond donors (Lipinski definition) is 2. The Hall–Kier alpha value is -2.00. The third-order valence-corrected chi connectivity index (χ3v) is 3.40. The van der Waals surface area contributed by atoms with E-state index in [1.54, 1.807) is 6.92 Å². The predicted octanol–water partition coefficient (Wildman–Crippen LogP) is 3.29. The molecule has 1 aliphatic rings. The molecule has 0 fully saturated rings. The smallest absolute Gasteiger partial charge is 0.143 e. The molecule has 0 aliphatic carbocycles. The summed E-state index contributed by atoms with van der Waals surface area (Å²) in [5, 5.41) is 13.0. The van der Waals surface area contributed by atoms with Crippen LogP contribution in [0.3, 0.4) is 0 Å². The van der Waals surface area contributed by atoms with Crippen molar-refractivity contribution in [3.05, 3.63) is 59.7 Å². The van der Waals surface area contributed by atoms with Crippen molar-refractivity contribution < 1.29 is 9.84 Å². The maximum Gasteiger partial charge on any atom is 0.143 e. The zero-order chi connectivity index (χ0) is 13.2. The second-order valence-corrected chi connectivity index (χ2v) is 4.83. The van der Waals surface area contributed by atoms with Crippen molar-refractivity contribution in [2.24, 2.45) is 0 Å². The van der Waals surface area contributed by atoms with E-state index in [1.807, 2.05) is 36.4 Å². The van der Waals surface area contributed by atoms with Crippen molar-refractivity contribution in [2.75, 3.05) is 11.9 Å². The molecule has 3 heteroatoms. The van der Waals surface area contributed by atoms with Crippen LogP contribution in [0.4, 0.5) is 5.69 Å². The summed E-state index contributed by atoms with van der Waals surface area (Å²) in [6.07, 6.45) is -0.426. The largest absolute Gasteiger partial charge is 0.482 e. The van der Waals surface area contributed by atoms with Crippen LogP contribution in [0.5, 0.6) is 5.75 Å². The highest BCUT2D eigenvalue weighted by Gasteiger charge is 2.21. The fraction of sp³-hybridized carbons (Fsp3) is 0.250. The summed E-state index contributed by atoms with van der Waals surface area (Å²) >= 11 is 0. The average molecular weight is 255 g/mol. The Bertz CT molecular complexity index is 566. The second kappa shape index (κ2) is 4.94. The molecule has 0 spiro atoms. The Labute approximate surface area is 112 Å². The first-order valence-electron chi connectivity index (χ1n) is 6.51. The van der Waals surface area contributed by atoms with Crippen molar-refractivity contribution in [2.45, 2.75) is 19.1 Å². The summed E-state index contributed by atoms with van der Waals surface area (Å²) < 4.78 is 6.01. The fourth-order valence-corrected chi connectivity index (χ4v) is 2.30. The lowest BCUT2D eigenvalue weighted by Gasteiger charge is -2.28. The van der Waals surface area contributed by atoms with Gasteiger partial charge in [-0.3, -0.25) is 0 Å². The predicted molar refractivity (Wildman–Crippen MR) is 75.4 cm³/mol. The van der Waals surface area contributed by atoms with Crippen LogP contribution < -0.4 is 10.1 Å². The summed E-state index contributed by atoms with van der Waals surface area (Å²) in [4.78, 5) is 0. The minimum atomic E-state index is -0.459. The minimum absolute atomic E-state index is 0.0334. The number of anilines is 1. The zero-order valence-corrected chi connectivity index (χ0v) is 10.8. The van der Waals surface area contributed by atoms with E-state index in [2.05, 4.69) is 17.4 Å². The van der Waals surface area contributed by atoms with Gasteiger partial charge in [-0.15, -0.1) is 0 Å². The van der Waals surface area contributed by atoms with Gasteiger partial charge in [-0.25, -0.2) is 0 Å². The number of nitrogens with one attached hydrogen (secondary N) is 1. The van der Waals surface area contributed by atoms with Gasteiger partial charge in [0.1, 0.15) is 11.9 Å². The van der Waals surface area contributed by atoms with Crippen molar-refractivity contribution in [3.63, 3.8) is 0 Å². The van der Waals surface area contributed by atoms with Crippen molar-refractivity contribution in [1.82, 2.24) is 0 Å². The molecule has 0 amide bonds. The first-order chi connectivity index (χ1) is 9.24. The first kappa shape index (κ1) is 12.1. The van der Waals surface area contributed by atoms with E-state index in [9.17, 15) is 5.11 Å². The lowest BCUT2D eigenvalue weighted by Crippen LogP contribution is -2.23. The first-order valence-corrected chi connectivity index (χ1v) is 6.51. The van der Waals surface area contributed by atoms with E-state index in [1.165, 1.54) is 5.56 Å². The summed E-state index contributed by atoms with van der Waals surface area (Å²) in [6.45, 7) is 2.50. The molecular weight excluding hydrogens is 238 g/mol. The molecule has 1 heterocycles. The molecule has 2 unspecified atom stereocenters. The van der Waals surface area contributed by atoms with Gasteiger partial charge >= 0.3 is 0 Å². The standard InChI is InChI=1S/C16H17NO2/c1-11(18)13-7-8-15-14(9-13)17-10-16(19-15)12-5-3-2-4-6-12/h2-9,11,16-18H,10H2,1H3. The molecule has 2 aromatic carbocycles. The summed E-state index contributed by atoms with van der Waals surface area (Å²) in [7, 11) is 0. The molecule has 0 aromatic heterocycles. The summed E-state index contributed by atoms with van der Waals surface area (Å²) in [5.74, 6) is 0.838. The van der Waals surface area contributed by atoms with Crippen LogP contribution in [0.15, 0.2) is 48.5 Å². The van der Waals surface area contributed by atoms with Crippen molar-refractivity contribution in [1.29, 1.82) is 0 Å². The molecule has 1 aliphatic heterocycles. The Morgan fingerprint density at radius 3 is 2.74 bits per heavy atom. The Kier molecular flexibility index (Phi) is 3.13. The van der Waals surface area contributed by atoms with Crippen LogP contribution in [0.2, 0.25) is 0 Å². The van der Waals surface area contributed by atoms with Gasteiger partial charge in [-0.2, -0.15) is 0 Å². The molecule has 2 atom stereocenters. The number of aliphatic hydroxyl groups excluding tert-OH is 1. The van der Waals surface area contributed by atoms with Gasteiger partial charge in [0.2, 0.25) is 0 Å². The average Bonchev–Trinajstić information content (AvgIpc) is 2.47. The molecule has 2 aromatic rings. The molecule has 98 valence electrons. The highest BCUT2D eigenvalue weighted by Crippen LogP contribution is 2.35. The quantitative estimate of drug-likeness (QED) is 0.865.